The molecular weight excluding hydrogens is 536 g/mol. The smallest absolute Gasteiger partial charge is 0.323 e. The molecule has 5 nitrogen and oxygen atoms in total. The molecule has 0 bridgehead atoms. The lowest BCUT2D eigenvalue weighted by Gasteiger charge is -2.31. The monoisotopic (exact) mass is 602 g/mol. The molecule has 0 spiro atoms. The normalized spacial score (nSPS) is 12.4. The molecule has 0 saturated carbocycles. The molecule has 248 valence electrons. The van der Waals surface area contributed by atoms with Crippen LogP contribution in [0.3, 0.4) is 0 Å². The van der Waals surface area contributed by atoms with Gasteiger partial charge in [0.05, 0.1) is 14.2 Å². The van der Waals surface area contributed by atoms with Crippen LogP contribution in [0.4, 0.5) is 0 Å². The molecule has 1 N–H and O–H groups in total. The predicted molar refractivity (Wildman–Crippen MR) is 180 cm³/mol. The van der Waals surface area contributed by atoms with E-state index in [1.807, 2.05) is 12.1 Å². The molecule has 0 heterocycles. The third kappa shape index (κ3) is 13.2. The first-order valence-electron chi connectivity index (χ1n) is 17.3. The van der Waals surface area contributed by atoms with Crippen LogP contribution in [0.25, 0.3) is 0 Å². The van der Waals surface area contributed by atoms with Crippen LogP contribution >= 0.6 is 0 Å². The summed E-state index contributed by atoms with van der Waals surface area (Å²) in [4.78, 5) is 26.6. The summed E-state index contributed by atoms with van der Waals surface area (Å²) in [6, 6.07) is 3.89. The minimum atomic E-state index is -1.42. The number of phenolic OH excluding ortho intramolecular Hbond substituents is 1. The van der Waals surface area contributed by atoms with Gasteiger partial charge in [0.25, 0.3) is 0 Å². The van der Waals surface area contributed by atoms with Gasteiger partial charge in [-0.05, 0) is 40.4 Å². The second-order valence-electron chi connectivity index (χ2n) is 14.8. The van der Waals surface area contributed by atoms with E-state index < -0.39 is 17.4 Å². The molecule has 0 aliphatic heterocycles. The zero-order chi connectivity index (χ0) is 32.5. The van der Waals surface area contributed by atoms with Crippen LogP contribution in [0.5, 0.6) is 5.75 Å². The maximum atomic E-state index is 13.3. The first kappa shape index (κ1) is 39.0. The number of phenols is 1. The predicted octanol–water partition coefficient (Wildman–Crippen LogP) is 10.5. The SMILES string of the molecule is CCCCCCCCCCCCCCCCCCC(Cc1cc(C(C)(C)C)c(O)c(C(C)(C)C)c1)(C(=O)OC)C(=O)OC. The molecule has 5 heteroatoms. The van der Waals surface area contributed by atoms with Crippen molar-refractivity contribution in [3.05, 3.63) is 28.8 Å². The van der Waals surface area contributed by atoms with E-state index in [0.29, 0.717) is 6.42 Å². The Morgan fingerprint density at radius 1 is 0.605 bits per heavy atom. The molecule has 0 unspecified atom stereocenters. The second-order valence-corrected chi connectivity index (χ2v) is 14.8. The first-order chi connectivity index (χ1) is 20.2. The fourth-order valence-electron chi connectivity index (χ4n) is 6.17. The number of esters is 2. The van der Waals surface area contributed by atoms with Crippen molar-refractivity contribution in [2.75, 3.05) is 14.2 Å². The number of hydrogen-bond acceptors (Lipinski definition) is 5. The van der Waals surface area contributed by atoms with Gasteiger partial charge in [-0.15, -0.1) is 0 Å². The van der Waals surface area contributed by atoms with Crippen molar-refractivity contribution >= 4 is 11.9 Å². The topological polar surface area (TPSA) is 72.8 Å². The van der Waals surface area contributed by atoms with Gasteiger partial charge in [0.15, 0.2) is 5.41 Å². The van der Waals surface area contributed by atoms with Gasteiger partial charge in [-0.2, -0.15) is 0 Å². The number of methoxy groups -OCH3 is 2. The molecule has 0 saturated heterocycles. The Labute approximate surface area is 264 Å². The number of benzene rings is 1. The van der Waals surface area contributed by atoms with Gasteiger partial charge in [-0.25, -0.2) is 0 Å². The summed E-state index contributed by atoms with van der Waals surface area (Å²) in [5.41, 5.74) is 0.406. The molecule has 0 atom stereocenters. The molecular formula is C38H66O5. The summed E-state index contributed by atoms with van der Waals surface area (Å²) in [5.74, 6) is -0.825. The molecule has 0 aliphatic carbocycles. The molecule has 0 amide bonds. The van der Waals surface area contributed by atoms with Crippen LogP contribution in [-0.2, 0) is 36.3 Å². The van der Waals surface area contributed by atoms with E-state index in [1.165, 1.54) is 97.7 Å². The molecule has 1 rings (SSSR count). The van der Waals surface area contributed by atoms with E-state index in [-0.39, 0.29) is 23.0 Å². The summed E-state index contributed by atoms with van der Waals surface area (Å²) < 4.78 is 10.4. The number of aromatic hydroxyl groups is 1. The Balaban J connectivity index is 2.75. The van der Waals surface area contributed by atoms with Gasteiger partial charge in [-0.1, -0.05) is 163 Å². The van der Waals surface area contributed by atoms with Crippen molar-refractivity contribution < 1.29 is 24.2 Å². The maximum Gasteiger partial charge on any atom is 0.323 e. The zero-order valence-electron chi connectivity index (χ0n) is 29.5. The van der Waals surface area contributed by atoms with Gasteiger partial charge in [0.2, 0.25) is 0 Å². The van der Waals surface area contributed by atoms with E-state index in [9.17, 15) is 14.7 Å². The van der Waals surface area contributed by atoms with Gasteiger partial charge in [0.1, 0.15) is 5.75 Å². The van der Waals surface area contributed by atoms with Crippen molar-refractivity contribution in [3.8, 4) is 5.75 Å². The number of unbranched alkanes of at least 4 members (excludes halogenated alkanes) is 15. The number of carbonyl (C=O) groups is 2. The molecule has 0 radical (unpaired) electrons. The Hall–Kier alpha value is -2.04. The highest BCUT2D eigenvalue weighted by Gasteiger charge is 2.48. The third-order valence-electron chi connectivity index (χ3n) is 8.90. The average Bonchev–Trinajstić information content (AvgIpc) is 2.94. The molecule has 43 heavy (non-hydrogen) atoms. The van der Waals surface area contributed by atoms with Gasteiger partial charge in [-0.3, -0.25) is 9.59 Å². The van der Waals surface area contributed by atoms with Crippen LogP contribution in [0.1, 0.15) is 174 Å². The van der Waals surface area contributed by atoms with E-state index >= 15 is 0 Å². The van der Waals surface area contributed by atoms with Crippen LogP contribution in [0, 0.1) is 5.41 Å². The van der Waals surface area contributed by atoms with Crippen molar-refractivity contribution in [1.82, 2.24) is 0 Å². The van der Waals surface area contributed by atoms with E-state index in [4.69, 9.17) is 9.47 Å². The van der Waals surface area contributed by atoms with Gasteiger partial charge >= 0.3 is 11.9 Å². The summed E-state index contributed by atoms with van der Waals surface area (Å²) >= 11 is 0. The van der Waals surface area contributed by atoms with E-state index in [0.717, 1.165) is 36.0 Å². The summed E-state index contributed by atoms with van der Waals surface area (Å²) in [7, 11) is 2.68. The molecule has 0 aromatic heterocycles. The fourth-order valence-corrected chi connectivity index (χ4v) is 6.17. The quantitative estimate of drug-likeness (QED) is 0.0861. The van der Waals surface area contributed by atoms with Crippen LogP contribution in [0.2, 0.25) is 0 Å². The largest absolute Gasteiger partial charge is 0.507 e. The number of ether oxygens (including phenoxy) is 2. The lowest BCUT2D eigenvalue weighted by molar-refractivity contribution is -0.169. The van der Waals surface area contributed by atoms with Gasteiger partial charge in [0, 0.05) is 0 Å². The van der Waals surface area contributed by atoms with Crippen molar-refractivity contribution in [3.63, 3.8) is 0 Å². The first-order valence-corrected chi connectivity index (χ1v) is 17.3. The fraction of sp³-hybridized carbons (Fsp3) is 0.789. The molecule has 0 aliphatic rings. The standard InChI is InChI=1S/C38H66O5/c1-10-11-12-13-14-15-16-17-18-19-20-21-22-23-24-25-26-38(34(40)42-8,35(41)43-9)29-30-27-31(36(2,3)4)33(39)32(28-30)37(5,6)7/h27-28,39H,10-26,29H2,1-9H3. The Morgan fingerprint density at radius 3 is 1.23 bits per heavy atom. The van der Waals surface area contributed by atoms with Crippen LogP contribution in [0.15, 0.2) is 12.1 Å². The highest BCUT2D eigenvalue weighted by atomic mass is 16.5. The lowest BCUT2D eigenvalue weighted by Crippen LogP contribution is -2.43. The Bertz CT molecular complexity index is 899. The minimum absolute atomic E-state index is 0.178. The molecule has 1 aromatic carbocycles. The zero-order valence-corrected chi connectivity index (χ0v) is 29.5. The highest BCUT2D eigenvalue weighted by molar-refractivity contribution is 6.00. The third-order valence-corrected chi connectivity index (χ3v) is 8.90. The highest BCUT2D eigenvalue weighted by Crippen LogP contribution is 2.42. The number of hydrogen-bond donors (Lipinski definition) is 1. The van der Waals surface area contributed by atoms with E-state index in [1.54, 1.807) is 0 Å². The summed E-state index contributed by atoms with van der Waals surface area (Å²) in [6.45, 7) is 14.6. The number of carbonyl (C=O) groups excluding carboxylic acids is 2. The molecule has 1 aromatic rings. The average molecular weight is 603 g/mol. The van der Waals surface area contributed by atoms with Crippen LogP contribution in [-0.4, -0.2) is 31.3 Å². The summed E-state index contributed by atoms with van der Waals surface area (Å²) in [6.07, 6.45) is 20.8. The number of rotatable bonds is 21. The van der Waals surface area contributed by atoms with E-state index in [2.05, 4.69) is 48.5 Å². The molecule has 0 fully saturated rings. The van der Waals surface area contributed by atoms with Gasteiger partial charge < -0.3 is 14.6 Å². The maximum absolute atomic E-state index is 13.3. The Kier molecular flexibility index (Phi) is 17.6. The van der Waals surface area contributed by atoms with Crippen molar-refractivity contribution in [2.24, 2.45) is 5.41 Å². The lowest BCUT2D eigenvalue weighted by atomic mass is 9.73. The second kappa shape index (κ2) is 19.4. The van der Waals surface area contributed by atoms with Crippen molar-refractivity contribution in [1.29, 1.82) is 0 Å². The Morgan fingerprint density at radius 2 is 0.930 bits per heavy atom. The van der Waals surface area contributed by atoms with Crippen LogP contribution < -0.4 is 0 Å². The van der Waals surface area contributed by atoms with Crippen molar-refractivity contribution in [2.45, 2.75) is 175 Å². The summed E-state index contributed by atoms with van der Waals surface area (Å²) in [5, 5.41) is 11.2. The minimum Gasteiger partial charge on any atom is -0.507 e.